The van der Waals surface area contributed by atoms with Gasteiger partial charge in [0, 0.05) is 25.1 Å². The maximum atomic E-state index is 13.4. The quantitative estimate of drug-likeness (QED) is 0.250. The molecule has 2 fully saturated rings. The lowest BCUT2D eigenvalue weighted by Gasteiger charge is -2.27. The minimum atomic E-state index is -1.57. The molecule has 1 saturated carbocycles. The van der Waals surface area contributed by atoms with Crippen LogP contribution in [0.25, 0.3) is 6.08 Å². The van der Waals surface area contributed by atoms with Gasteiger partial charge in [-0.1, -0.05) is 73.5 Å². The molecule has 4 amide bonds. The van der Waals surface area contributed by atoms with Gasteiger partial charge in [-0.15, -0.1) is 0 Å². The first-order valence-electron chi connectivity index (χ1n) is 13.5. The molecule has 4 atom stereocenters. The average Bonchev–Trinajstić information content (AvgIpc) is 3.69. The maximum Gasteiger partial charge on any atom is 0.251 e. The number of nitrogens with one attached hydrogen (secondary N) is 4. The van der Waals surface area contributed by atoms with Crippen LogP contribution in [0.2, 0.25) is 0 Å². The smallest absolute Gasteiger partial charge is 0.251 e. The molecule has 1 aliphatic carbocycles. The van der Waals surface area contributed by atoms with Crippen LogP contribution < -0.4 is 21.3 Å². The monoisotopic (exact) mass is 532 g/mol. The molecular weight excluding hydrogens is 496 g/mol. The van der Waals surface area contributed by atoms with Crippen LogP contribution in [0.15, 0.2) is 66.7 Å². The van der Waals surface area contributed by atoms with Gasteiger partial charge in [-0.05, 0) is 42.4 Å². The summed E-state index contributed by atoms with van der Waals surface area (Å²) >= 11 is 0. The number of aliphatic hydroxyl groups is 1. The Bertz CT molecular complexity index is 1170. The van der Waals surface area contributed by atoms with Crippen molar-refractivity contribution in [3.05, 3.63) is 77.9 Å². The normalized spacial score (nSPS) is 19.1. The number of carbonyl (C=O) groups is 4. The molecule has 1 heterocycles. The third-order valence-electron chi connectivity index (χ3n) is 7.11. The van der Waals surface area contributed by atoms with Gasteiger partial charge < -0.3 is 26.4 Å². The molecule has 4 rings (SSSR count). The highest BCUT2D eigenvalue weighted by Crippen LogP contribution is 2.33. The number of hydrogen-bond acceptors (Lipinski definition) is 5. The second-order valence-corrected chi connectivity index (χ2v) is 10.3. The van der Waals surface area contributed by atoms with Gasteiger partial charge in [-0.2, -0.15) is 0 Å². The van der Waals surface area contributed by atoms with Crippen molar-refractivity contribution >= 4 is 29.7 Å². The largest absolute Gasteiger partial charge is 0.381 e. The molecule has 9 nitrogen and oxygen atoms in total. The zero-order valence-corrected chi connectivity index (χ0v) is 21.8. The lowest BCUT2D eigenvalue weighted by atomic mass is 9.94. The summed E-state index contributed by atoms with van der Waals surface area (Å²) in [7, 11) is 0. The predicted molar refractivity (Wildman–Crippen MR) is 147 cm³/mol. The van der Waals surface area contributed by atoms with Crippen molar-refractivity contribution in [3.8, 4) is 0 Å². The molecule has 1 aliphatic heterocycles. The molecule has 206 valence electrons. The van der Waals surface area contributed by atoms with Crippen LogP contribution in [0.1, 0.15) is 43.2 Å². The molecule has 5 N–H and O–H groups in total. The summed E-state index contributed by atoms with van der Waals surface area (Å²) in [5.74, 6) is -1.81. The Labute approximate surface area is 228 Å². The molecule has 2 aromatic rings. The van der Waals surface area contributed by atoms with Crippen molar-refractivity contribution in [1.29, 1.82) is 0 Å². The van der Waals surface area contributed by atoms with Crippen molar-refractivity contribution in [2.24, 2.45) is 11.8 Å². The Morgan fingerprint density at radius 2 is 1.62 bits per heavy atom. The summed E-state index contributed by atoms with van der Waals surface area (Å²) in [6.45, 7) is 0.726. The average molecular weight is 533 g/mol. The van der Waals surface area contributed by atoms with Crippen LogP contribution in [0.3, 0.4) is 0 Å². The molecule has 0 bridgehead atoms. The minimum absolute atomic E-state index is 0.107. The fourth-order valence-electron chi connectivity index (χ4n) is 4.67. The van der Waals surface area contributed by atoms with E-state index >= 15 is 0 Å². The van der Waals surface area contributed by atoms with Crippen molar-refractivity contribution in [3.63, 3.8) is 0 Å². The molecule has 9 heteroatoms. The molecule has 2 aliphatic rings. The van der Waals surface area contributed by atoms with Crippen molar-refractivity contribution in [2.45, 2.75) is 56.8 Å². The Morgan fingerprint density at radius 1 is 0.923 bits per heavy atom. The number of aliphatic hydroxyl groups excluding tert-OH is 1. The fraction of sp³-hybridized carbons (Fsp3) is 0.400. The number of benzene rings is 2. The highest BCUT2D eigenvalue weighted by Gasteiger charge is 2.37. The second-order valence-electron chi connectivity index (χ2n) is 10.3. The number of carbonyl (C=O) groups excluding carboxylic acids is 4. The summed E-state index contributed by atoms with van der Waals surface area (Å²) in [5, 5.41) is 22.0. The summed E-state index contributed by atoms with van der Waals surface area (Å²) in [4.78, 5) is 51.2. The van der Waals surface area contributed by atoms with Gasteiger partial charge in [0.2, 0.25) is 17.7 Å². The van der Waals surface area contributed by atoms with E-state index in [1.54, 1.807) is 6.08 Å². The summed E-state index contributed by atoms with van der Waals surface area (Å²) < 4.78 is 0. The van der Waals surface area contributed by atoms with Gasteiger partial charge in [0.1, 0.15) is 6.04 Å². The van der Waals surface area contributed by atoms with Crippen LogP contribution in [0.5, 0.6) is 0 Å². The van der Waals surface area contributed by atoms with E-state index in [4.69, 9.17) is 0 Å². The zero-order chi connectivity index (χ0) is 27.6. The third kappa shape index (κ3) is 8.78. The summed E-state index contributed by atoms with van der Waals surface area (Å²) in [6.07, 6.45) is 4.57. The number of rotatable bonds is 13. The molecule has 0 unspecified atom stereocenters. The fourth-order valence-corrected chi connectivity index (χ4v) is 4.67. The first kappa shape index (κ1) is 28.0. The van der Waals surface area contributed by atoms with E-state index in [2.05, 4.69) is 21.3 Å². The lowest BCUT2D eigenvalue weighted by molar-refractivity contribution is -0.135. The van der Waals surface area contributed by atoms with Crippen LogP contribution in [-0.2, 0) is 25.7 Å². The van der Waals surface area contributed by atoms with Crippen molar-refractivity contribution in [2.75, 3.05) is 6.54 Å². The van der Waals surface area contributed by atoms with Gasteiger partial charge in [0.15, 0.2) is 6.10 Å². The van der Waals surface area contributed by atoms with Gasteiger partial charge in [0.05, 0.1) is 6.04 Å². The standard InChI is InChI=1S/C30H36N4O5/c35-26(14-13-20-7-3-1-4-8-20)33-25(17-21-11-12-21)29(38)34-24(18-23-15-16-31-28(23)37)27(36)30(39)32-19-22-9-5-2-6-10-22/h1-10,13-14,21,23-25,27,36H,11-12,15-19H2,(H,31,37)(H,32,39)(H,33,35)(H,34,38)/b14-13+/t23-,24-,25-,27+/m0/s1. The Hall–Kier alpha value is -3.98. The highest BCUT2D eigenvalue weighted by atomic mass is 16.3. The molecule has 0 spiro atoms. The topological polar surface area (TPSA) is 137 Å². The summed E-state index contributed by atoms with van der Waals surface area (Å²) in [5.41, 5.74) is 1.72. The summed E-state index contributed by atoms with van der Waals surface area (Å²) in [6, 6.07) is 16.8. The van der Waals surface area contributed by atoms with Gasteiger partial charge in [-0.3, -0.25) is 19.2 Å². The van der Waals surface area contributed by atoms with Crippen LogP contribution >= 0.6 is 0 Å². The molecule has 39 heavy (non-hydrogen) atoms. The van der Waals surface area contributed by atoms with Crippen LogP contribution in [-0.4, -0.2) is 53.5 Å². The van der Waals surface area contributed by atoms with Crippen molar-refractivity contribution in [1.82, 2.24) is 21.3 Å². The van der Waals surface area contributed by atoms with E-state index < -0.39 is 41.8 Å². The van der Waals surface area contributed by atoms with Gasteiger partial charge in [0.25, 0.3) is 5.91 Å². The molecular formula is C30H36N4O5. The molecule has 2 aromatic carbocycles. The Morgan fingerprint density at radius 3 is 2.26 bits per heavy atom. The maximum absolute atomic E-state index is 13.4. The minimum Gasteiger partial charge on any atom is -0.381 e. The van der Waals surface area contributed by atoms with E-state index in [1.807, 2.05) is 60.7 Å². The number of amides is 4. The SMILES string of the molecule is O=C(/C=C/c1ccccc1)N[C@@H](CC1CC1)C(=O)N[C@@H](C[C@@H]1CCNC1=O)[C@@H](O)C(=O)NCc1ccccc1. The van der Waals surface area contributed by atoms with E-state index in [0.717, 1.165) is 24.0 Å². The lowest BCUT2D eigenvalue weighted by Crippen LogP contribution is -2.56. The molecule has 0 aromatic heterocycles. The first-order chi connectivity index (χ1) is 18.9. The van der Waals surface area contributed by atoms with Gasteiger partial charge in [-0.25, -0.2) is 0 Å². The van der Waals surface area contributed by atoms with E-state index in [9.17, 15) is 24.3 Å². The van der Waals surface area contributed by atoms with Crippen LogP contribution in [0, 0.1) is 11.8 Å². The number of hydrogen-bond donors (Lipinski definition) is 5. The molecule has 0 radical (unpaired) electrons. The Kier molecular flexibility index (Phi) is 9.85. The Balaban J connectivity index is 1.42. The molecule has 1 saturated heterocycles. The highest BCUT2D eigenvalue weighted by molar-refractivity contribution is 5.96. The van der Waals surface area contributed by atoms with E-state index in [-0.39, 0.29) is 18.9 Å². The van der Waals surface area contributed by atoms with Gasteiger partial charge >= 0.3 is 0 Å². The van der Waals surface area contributed by atoms with Crippen LogP contribution in [0.4, 0.5) is 0 Å². The third-order valence-corrected chi connectivity index (χ3v) is 7.11. The predicted octanol–water partition coefficient (Wildman–Crippen LogP) is 1.67. The van der Waals surface area contributed by atoms with E-state index in [1.165, 1.54) is 6.08 Å². The zero-order valence-electron chi connectivity index (χ0n) is 21.8. The first-order valence-corrected chi connectivity index (χ1v) is 13.5. The second kappa shape index (κ2) is 13.7. The van der Waals surface area contributed by atoms with E-state index in [0.29, 0.717) is 25.3 Å². The van der Waals surface area contributed by atoms with Crippen molar-refractivity contribution < 1.29 is 24.3 Å².